The molecule has 0 N–H and O–H groups in total. The molecule has 2 radical (unpaired) electrons. The predicted octanol–water partition coefficient (Wildman–Crippen LogP) is 4.96. The summed E-state index contributed by atoms with van der Waals surface area (Å²) in [6, 6.07) is 17.6. The molecule has 0 aliphatic heterocycles. The number of aryl methyl sites for hydroxylation is 1. The normalized spacial score (nSPS) is 9.22. The van der Waals surface area contributed by atoms with E-state index in [0.29, 0.717) is 0 Å². The average molecular weight is 531 g/mol. The van der Waals surface area contributed by atoms with Crippen LogP contribution in [0.5, 0.6) is 0 Å². The van der Waals surface area contributed by atoms with E-state index in [1.54, 1.807) is 12.4 Å². The topological polar surface area (TPSA) is 51.6 Å². The number of pyridine rings is 2. The van der Waals surface area contributed by atoms with Gasteiger partial charge in [0, 0.05) is 12.4 Å². The molecule has 0 aliphatic rings. The molecule has 6 heteroatoms. The predicted molar refractivity (Wildman–Crippen MR) is 104 cm³/mol. The van der Waals surface area contributed by atoms with Gasteiger partial charge in [0.05, 0.1) is 22.4 Å². The van der Waals surface area contributed by atoms with Crippen molar-refractivity contribution in [3.05, 3.63) is 87.4 Å². The summed E-state index contributed by atoms with van der Waals surface area (Å²) in [6.45, 7) is 2.05. The fourth-order valence-electron chi connectivity index (χ4n) is 2.53. The molecule has 0 saturated heterocycles. The third-order valence-electron chi connectivity index (χ3n) is 3.63. The maximum atomic E-state index is 4.82. The monoisotopic (exact) mass is 532 g/mol. The minimum absolute atomic E-state index is 0. The van der Waals surface area contributed by atoms with E-state index in [4.69, 9.17) is 9.97 Å². The van der Waals surface area contributed by atoms with Gasteiger partial charge in [0.1, 0.15) is 11.4 Å². The van der Waals surface area contributed by atoms with E-state index in [-0.39, 0.29) is 53.8 Å². The smallest absolute Gasteiger partial charge is 0.358 e. The average Bonchev–Trinajstić information content (AvgIpc) is 2.62. The molecule has 0 aliphatic carbocycles. The maximum absolute atomic E-state index is 4.82. The molecular formula is C21H20N4Ru2. The van der Waals surface area contributed by atoms with Crippen LogP contribution in [0.15, 0.2) is 67.0 Å². The quantitative estimate of drug-likeness (QED) is 0.272. The van der Waals surface area contributed by atoms with Gasteiger partial charge in [-0.1, -0.05) is 18.2 Å². The van der Waals surface area contributed by atoms with E-state index in [1.165, 1.54) is 0 Å². The Morgan fingerprint density at radius 1 is 0.630 bits per heavy atom. The molecule has 3 aromatic heterocycles. The number of fused-ring (bicyclic) bond motifs is 1. The molecule has 0 spiro atoms. The largest absolute Gasteiger partial charge is 1.00 e. The summed E-state index contributed by atoms with van der Waals surface area (Å²) in [5, 5.41) is 0. The number of hydrogen-bond donors (Lipinski definition) is 0. The molecular weight excluding hydrogens is 510 g/mol. The Balaban J connectivity index is 0.00000169. The zero-order valence-corrected chi connectivity index (χ0v) is 18.8. The molecule has 0 bridgehead atoms. The first-order valence-corrected chi connectivity index (χ1v) is 7.42. The summed E-state index contributed by atoms with van der Waals surface area (Å²) < 4.78 is 0. The van der Waals surface area contributed by atoms with Crippen LogP contribution in [-0.4, -0.2) is 19.9 Å². The first-order valence-electron chi connectivity index (χ1n) is 7.42. The van der Waals surface area contributed by atoms with Crippen molar-refractivity contribution in [3.8, 4) is 22.8 Å². The second-order valence-corrected chi connectivity index (χ2v) is 5.34. The summed E-state index contributed by atoms with van der Waals surface area (Å²) in [4.78, 5) is 18.5. The van der Waals surface area contributed by atoms with Crippen LogP contribution in [0.3, 0.4) is 0 Å². The Labute approximate surface area is 186 Å². The van der Waals surface area contributed by atoms with Crippen LogP contribution in [0.1, 0.15) is 5.56 Å². The molecule has 140 valence electrons. The molecule has 0 amide bonds. The van der Waals surface area contributed by atoms with Gasteiger partial charge in [-0.2, -0.15) is 0 Å². The number of hydrogen-bond acceptors (Lipinski definition) is 4. The Bertz CT molecular complexity index is 977. The van der Waals surface area contributed by atoms with Gasteiger partial charge in [0.2, 0.25) is 0 Å². The number of benzene rings is 1. The van der Waals surface area contributed by atoms with Crippen molar-refractivity contribution in [1.82, 2.24) is 19.9 Å². The van der Waals surface area contributed by atoms with E-state index in [0.717, 1.165) is 39.4 Å². The van der Waals surface area contributed by atoms with Crippen LogP contribution < -0.4 is 0 Å². The Morgan fingerprint density at radius 2 is 1.15 bits per heavy atom. The number of aromatic nitrogens is 4. The number of nitrogens with zero attached hydrogens (tertiary/aromatic N) is 4. The second-order valence-electron chi connectivity index (χ2n) is 5.34. The maximum Gasteiger partial charge on any atom is 1.00 e. The van der Waals surface area contributed by atoms with Gasteiger partial charge in [-0.3, -0.25) is 9.97 Å². The van der Waals surface area contributed by atoms with Crippen molar-refractivity contribution >= 4 is 11.0 Å². The van der Waals surface area contributed by atoms with Crippen molar-refractivity contribution in [1.29, 1.82) is 0 Å². The van der Waals surface area contributed by atoms with Crippen molar-refractivity contribution in [2.45, 2.75) is 6.92 Å². The molecule has 0 fully saturated rings. The van der Waals surface area contributed by atoms with E-state index in [9.17, 15) is 0 Å². The zero-order chi connectivity index (χ0) is 15.6. The fourth-order valence-corrected chi connectivity index (χ4v) is 2.53. The van der Waals surface area contributed by atoms with Gasteiger partial charge >= 0.3 is 39.0 Å². The van der Waals surface area contributed by atoms with E-state index in [2.05, 4.69) is 9.97 Å². The van der Waals surface area contributed by atoms with Crippen LogP contribution in [-0.2, 0) is 39.0 Å². The minimum atomic E-state index is 0. The summed E-state index contributed by atoms with van der Waals surface area (Å²) in [7, 11) is 0. The van der Waals surface area contributed by atoms with Gasteiger partial charge in [0.15, 0.2) is 0 Å². The van der Waals surface area contributed by atoms with Crippen LogP contribution in [0, 0.1) is 21.8 Å². The van der Waals surface area contributed by atoms with Crippen LogP contribution in [0.25, 0.3) is 33.8 Å². The third-order valence-corrected chi connectivity index (χ3v) is 3.63. The molecule has 4 rings (SSSR count). The Kier molecular flexibility index (Phi) is 10.3. The Morgan fingerprint density at radius 3 is 1.63 bits per heavy atom. The summed E-state index contributed by atoms with van der Waals surface area (Å²) in [5.41, 5.74) is 5.97. The number of rotatable bonds is 2. The van der Waals surface area contributed by atoms with Gasteiger partial charge < -0.3 is 14.9 Å². The molecule has 3 heterocycles. The van der Waals surface area contributed by atoms with Gasteiger partial charge in [0.25, 0.3) is 0 Å². The standard InChI is InChI=1S/C19H14N4.2CH3.2Ru/c1-13-8-9-14-17(12-13)23-19(16-7-3-5-11-21-16)18(22-14)15-6-2-4-10-20-15;;;;/h2-12H,1H3;2*1H3;;/q;2*-1;2*+1. The van der Waals surface area contributed by atoms with Crippen molar-refractivity contribution in [3.63, 3.8) is 0 Å². The van der Waals surface area contributed by atoms with Crippen LogP contribution in [0.4, 0.5) is 0 Å². The Hall–Kier alpha value is -1.89. The zero-order valence-electron chi connectivity index (χ0n) is 15.3. The fraction of sp³-hybridized carbons (Fsp3) is 0.0476. The van der Waals surface area contributed by atoms with Gasteiger partial charge in [-0.25, -0.2) is 9.97 Å². The first kappa shape index (κ1) is 25.1. The molecule has 0 saturated carbocycles. The molecule has 4 nitrogen and oxygen atoms in total. The van der Waals surface area contributed by atoms with Crippen molar-refractivity contribution < 1.29 is 39.0 Å². The summed E-state index contributed by atoms with van der Waals surface area (Å²) in [5.74, 6) is 0. The molecule has 0 unspecified atom stereocenters. The van der Waals surface area contributed by atoms with E-state index >= 15 is 0 Å². The third kappa shape index (κ3) is 5.31. The first-order chi connectivity index (χ1) is 11.3. The summed E-state index contributed by atoms with van der Waals surface area (Å²) in [6.07, 6.45) is 3.53. The van der Waals surface area contributed by atoms with Crippen LogP contribution in [0.2, 0.25) is 0 Å². The minimum Gasteiger partial charge on any atom is -0.358 e. The van der Waals surface area contributed by atoms with E-state index < -0.39 is 0 Å². The van der Waals surface area contributed by atoms with E-state index in [1.807, 2.05) is 61.5 Å². The van der Waals surface area contributed by atoms with Gasteiger partial charge in [-0.15, -0.1) is 0 Å². The molecule has 0 atom stereocenters. The SMILES string of the molecule is Cc1ccc2nc(-c3ccccn3)c(-c3ccccn3)nc2c1.[CH3-].[CH3-].[Ru+].[Ru+]. The second kappa shape index (κ2) is 11.1. The molecule has 27 heavy (non-hydrogen) atoms. The van der Waals surface area contributed by atoms with Crippen molar-refractivity contribution in [2.75, 3.05) is 0 Å². The van der Waals surface area contributed by atoms with Crippen molar-refractivity contribution in [2.24, 2.45) is 0 Å². The van der Waals surface area contributed by atoms with Crippen LogP contribution >= 0.6 is 0 Å². The van der Waals surface area contributed by atoms with Gasteiger partial charge in [-0.05, 0) is 48.9 Å². The molecule has 1 aromatic carbocycles. The summed E-state index contributed by atoms with van der Waals surface area (Å²) >= 11 is 0. The molecule has 4 aromatic rings.